The molecule has 2 N–H and O–H groups in total. The molecule has 0 fully saturated rings. The van der Waals surface area contributed by atoms with Gasteiger partial charge in [0, 0.05) is 18.3 Å². The van der Waals surface area contributed by atoms with Crippen LogP contribution in [0.3, 0.4) is 0 Å². The number of anilines is 2. The monoisotopic (exact) mass is 402 g/mol. The summed E-state index contributed by atoms with van der Waals surface area (Å²) in [5.74, 6) is -0.579. The van der Waals surface area contributed by atoms with Gasteiger partial charge in [0.1, 0.15) is 0 Å². The largest absolute Gasteiger partial charge is 0.493 e. The van der Waals surface area contributed by atoms with Crippen LogP contribution < -0.4 is 24.8 Å². The molecule has 9 nitrogen and oxygen atoms in total. The zero-order valence-electron chi connectivity index (χ0n) is 16.5. The Balaban J connectivity index is 2.02. The number of hydrogen-bond acceptors (Lipinski definition) is 7. The van der Waals surface area contributed by atoms with Crippen molar-refractivity contribution in [1.82, 2.24) is 0 Å². The number of methoxy groups -OCH3 is 3. The molecule has 0 aliphatic heterocycles. The van der Waals surface area contributed by atoms with Crippen LogP contribution in [-0.4, -0.2) is 45.7 Å². The molecule has 0 aliphatic rings. The molecule has 0 saturated carbocycles. The Hall–Kier alpha value is -3.75. The molecule has 0 spiro atoms. The van der Waals surface area contributed by atoms with E-state index < -0.39 is 18.5 Å². The van der Waals surface area contributed by atoms with Crippen molar-refractivity contribution in [3.05, 3.63) is 42.0 Å². The molecule has 2 aromatic carbocycles. The van der Waals surface area contributed by atoms with Gasteiger partial charge in [-0.05, 0) is 30.3 Å². The molecule has 2 aromatic rings. The van der Waals surface area contributed by atoms with E-state index in [4.69, 9.17) is 18.9 Å². The predicted octanol–water partition coefficient (Wildman–Crippen LogP) is 2.47. The fraction of sp³-hybridized carbons (Fsp3) is 0.250. The topological polar surface area (TPSA) is 112 Å². The number of amides is 2. The minimum Gasteiger partial charge on any atom is -0.493 e. The summed E-state index contributed by atoms with van der Waals surface area (Å²) in [6.07, 6.45) is 0. The SMILES string of the molecule is COc1cc(C(=O)OCC(=O)Nc2cccc(NC(C)=O)c2)cc(OC)c1OC. The summed E-state index contributed by atoms with van der Waals surface area (Å²) in [7, 11) is 4.30. The Bertz CT molecular complexity index is 886. The van der Waals surface area contributed by atoms with Gasteiger partial charge in [-0.2, -0.15) is 0 Å². The van der Waals surface area contributed by atoms with E-state index >= 15 is 0 Å². The first-order valence-corrected chi connectivity index (χ1v) is 8.52. The average Bonchev–Trinajstić information content (AvgIpc) is 2.70. The van der Waals surface area contributed by atoms with Gasteiger partial charge >= 0.3 is 5.97 Å². The van der Waals surface area contributed by atoms with E-state index in [0.29, 0.717) is 17.1 Å². The molecule has 0 atom stereocenters. The van der Waals surface area contributed by atoms with Crippen molar-refractivity contribution in [2.24, 2.45) is 0 Å². The number of carbonyl (C=O) groups is 3. The lowest BCUT2D eigenvalue weighted by molar-refractivity contribution is -0.119. The molecule has 9 heteroatoms. The first kappa shape index (κ1) is 21.5. The van der Waals surface area contributed by atoms with Gasteiger partial charge in [-0.3, -0.25) is 9.59 Å². The molecule has 0 aromatic heterocycles. The van der Waals surface area contributed by atoms with Crippen LogP contribution in [0, 0.1) is 0 Å². The quantitative estimate of drug-likeness (QED) is 0.652. The van der Waals surface area contributed by atoms with Gasteiger partial charge in [0.05, 0.1) is 26.9 Å². The Labute approximate surface area is 167 Å². The molecule has 0 radical (unpaired) electrons. The highest BCUT2D eigenvalue weighted by molar-refractivity contribution is 5.97. The van der Waals surface area contributed by atoms with Crippen LogP contribution in [0.2, 0.25) is 0 Å². The third-order valence-corrected chi connectivity index (χ3v) is 3.70. The highest BCUT2D eigenvalue weighted by Crippen LogP contribution is 2.38. The first-order chi connectivity index (χ1) is 13.9. The van der Waals surface area contributed by atoms with Crippen molar-refractivity contribution in [3.63, 3.8) is 0 Å². The Morgan fingerprint density at radius 2 is 1.45 bits per heavy atom. The molecule has 0 bridgehead atoms. The molecule has 0 heterocycles. The van der Waals surface area contributed by atoms with Gasteiger partial charge in [0.25, 0.3) is 5.91 Å². The molecule has 0 saturated heterocycles. The van der Waals surface area contributed by atoms with E-state index in [0.717, 1.165) is 0 Å². The van der Waals surface area contributed by atoms with Crippen molar-refractivity contribution in [2.75, 3.05) is 38.6 Å². The second-order valence-corrected chi connectivity index (χ2v) is 5.80. The maximum Gasteiger partial charge on any atom is 0.338 e. The van der Waals surface area contributed by atoms with Crippen molar-refractivity contribution in [2.45, 2.75) is 6.92 Å². The second-order valence-electron chi connectivity index (χ2n) is 5.80. The lowest BCUT2D eigenvalue weighted by atomic mass is 10.2. The molecule has 0 aliphatic carbocycles. The predicted molar refractivity (Wildman–Crippen MR) is 106 cm³/mol. The van der Waals surface area contributed by atoms with Gasteiger partial charge in [0.15, 0.2) is 18.1 Å². The van der Waals surface area contributed by atoms with Crippen LogP contribution in [0.15, 0.2) is 36.4 Å². The number of ether oxygens (including phenoxy) is 4. The fourth-order valence-corrected chi connectivity index (χ4v) is 2.49. The summed E-state index contributed by atoms with van der Waals surface area (Å²) in [5, 5.41) is 5.20. The van der Waals surface area contributed by atoms with E-state index in [1.165, 1.54) is 40.4 Å². The summed E-state index contributed by atoms with van der Waals surface area (Å²) < 4.78 is 20.6. The molecule has 29 heavy (non-hydrogen) atoms. The number of nitrogens with one attached hydrogen (secondary N) is 2. The summed E-state index contributed by atoms with van der Waals surface area (Å²) >= 11 is 0. The van der Waals surface area contributed by atoms with E-state index in [1.54, 1.807) is 24.3 Å². The summed E-state index contributed by atoms with van der Waals surface area (Å²) in [5.41, 5.74) is 1.12. The number of rotatable bonds is 8. The van der Waals surface area contributed by atoms with Gasteiger partial charge in [0.2, 0.25) is 11.7 Å². The maximum absolute atomic E-state index is 12.3. The van der Waals surface area contributed by atoms with Gasteiger partial charge in [-0.1, -0.05) is 6.07 Å². The Morgan fingerprint density at radius 1 is 0.862 bits per heavy atom. The van der Waals surface area contributed by atoms with Crippen molar-refractivity contribution in [3.8, 4) is 17.2 Å². The highest BCUT2D eigenvalue weighted by atomic mass is 16.5. The Kier molecular flexibility index (Phi) is 7.41. The summed E-state index contributed by atoms with van der Waals surface area (Å²) in [4.78, 5) is 35.5. The highest BCUT2D eigenvalue weighted by Gasteiger charge is 2.18. The van der Waals surface area contributed by atoms with Crippen LogP contribution in [-0.2, 0) is 14.3 Å². The smallest absolute Gasteiger partial charge is 0.338 e. The zero-order valence-corrected chi connectivity index (χ0v) is 16.5. The lowest BCUT2D eigenvalue weighted by Crippen LogP contribution is -2.21. The molecule has 2 amide bonds. The standard InChI is InChI=1S/C20H22N2O7/c1-12(23)21-14-6-5-7-15(10-14)22-18(24)11-29-20(25)13-8-16(26-2)19(28-4)17(9-13)27-3/h5-10H,11H2,1-4H3,(H,21,23)(H,22,24). The molecule has 0 unspecified atom stereocenters. The van der Waals surface area contributed by atoms with Crippen LogP contribution in [0.25, 0.3) is 0 Å². The van der Waals surface area contributed by atoms with Gasteiger partial charge in [-0.25, -0.2) is 4.79 Å². The number of carbonyl (C=O) groups excluding carboxylic acids is 3. The number of esters is 1. The Morgan fingerprint density at radius 3 is 1.97 bits per heavy atom. The molecular weight excluding hydrogens is 380 g/mol. The van der Waals surface area contributed by atoms with Crippen LogP contribution >= 0.6 is 0 Å². The van der Waals surface area contributed by atoms with Gasteiger partial charge < -0.3 is 29.6 Å². The van der Waals surface area contributed by atoms with Crippen molar-refractivity contribution in [1.29, 1.82) is 0 Å². The molecular formula is C20H22N2O7. The van der Waals surface area contributed by atoms with Crippen molar-refractivity contribution >= 4 is 29.2 Å². The summed E-state index contributed by atoms with van der Waals surface area (Å²) in [6, 6.07) is 9.44. The summed E-state index contributed by atoms with van der Waals surface area (Å²) in [6.45, 7) is 0.883. The molecule has 154 valence electrons. The zero-order chi connectivity index (χ0) is 21.4. The van der Waals surface area contributed by atoms with Crippen LogP contribution in [0.4, 0.5) is 11.4 Å². The van der Waals surface area contributed by atoms with Crippen molar-refractivity contribution < 1.29 is 33.3 Å². The minimum absolute atomic E-state index is 0.139. The third-order valence-electron chi connectivity index (χ3n) is 3.70. The number of benzene rings is 2. The van der Waals surface area contributed by atoms with Gasteiger partial charge in [-0.15, -0.1) is 0 Å². The number of hydrogen-bond donors (Lipinski definition) is 2. The van der Waals surface area contributed by atoms with E-state index in [-0.39, 0.29) is 23.0 Å². The maximum atomic E-state index is 12.3. The second kappa shape index (κ2) is 9.98. The van der Waals surface area contributed by atoms with E-state index in [2.05, 4.69) is 10.6 Å². The lowest BCUT2D eigenvalue weighted by Gasteiger charge is -2.14. The van der Waals surface area contributed by atoms with E-state index in [1.807, 2.05) is 0 Å². The first-order valence-electron chi connectivity index (χ1n) is 8.52. The third kappa shape index (κ3) is 5.86. The molecule has 2 rings (SSSR count). The average molecular weight is 402 g/mol. The van der Waals surface area contributed by atoms with E-state index in [9.17, 15) is 14.4 Å². The van der Waals surface area contributed by atoms with Crippen LogP contribution in [0.1, 0.15) is 17.3 Å². The normalized spacial score (nSPS) is 9.93. The fourth-order valence-electron chi connectivity index (χ4n) is 2.49. The minimum atomic E-state index is -0.730. The van der Waals surface area contributed by atoms with Crippen LogP contribution in [0.5, 0.6) is 17.2 Å².